The molecular formula is C13H18ClNO4. The standard InChI is InChI=1S/C13H18ClNO4/c1-13(2,3)19-12(18)15-10-5-4-8(16)6-9(10)11(17)7-14/h4-6,11,16-17H,7H2,1-3H3,(H,15,18). The minimum atomic E-state index is -0.987. The Labute approximate surface area is 117 Å². The molecule has 0 bridgehead atoms. The highest BCUT2D eigenvalue weighted by Crippen LogP contribution is 2.28. The molecule has 1 atom stereocenters. The maximum Gasteiger partial charge on any atom is 0.412 e. The molecule has 6 heteroatoms. The monoisotopic (exact) mass is 287 g/mol. The Hall–Kier alpha value is -1.46. The Morgan fingerprint density at radius 2 is 2.11 bits per heavy atom. The van der Waals surface area contributed by atoms with Gasteiger partial charge in [-0.1, -0.05) is 0 Å². The summed E-state index contributed by atoms with van der Waals surface area (Å²) in [5, 5.41) is 21.7. The summed E-state index contributed by atoms with van der Waals surface area (Å²) in [6.45, 7) is 5.24. The van der Waals surface area contributed by atoms with E-state index < -0.39 is 17.8 Å². The van der Waals surface area contributed by atoms with E-state index in [0.717, 1.165) is 0 Å². The number of carbonyl (C=O) groups is 1. The van der Waals surface area contributed by atoms with Crippen molar-refractivity contribution in [2.75, 3.05) is 11.2 Å². The second-order valence-electron chi connectivity index (χ2n) is 5.07. The topological polar surface area (TPSA) is 78.8 Å². The number of anilines is 1. The van der Waals surface area contributed by atoms with Gasteiger partial charge in [0, 0.05) is 5.56 Å². The number of alkyl halides is 1. The first-order chi connectivity index (χ1) is 8.73. The Balaban J connectivity index is 2.91. The van der Waals surface area contributed by atoms with Crippen LogP contribution in [-0.4, -0.2) is 27.8 Å². The molecule has 1 aromatic carbocycles. The van der Waals surface area contributed by atoms with Crippen molar-refractivity contribution in [3.63, 3.8) is 0 Å². The van der Waals surface area contributed by atoms with E-state index >= 15 is 0 Å². The predicted octanol–water partition coefficient (Wildman–Crippen LogP) is 3.01. The number of amides is 1. The molecule has 0 fully saturated rings. The van der Waals surface area contributed by atoms with Gasteiger partial charge in [0.15, 0.2) is 0 Å². The number of phenolic OH excluding ortho intramolecular Hbond substituents is 1. The van der Waals surface area contributed by atoms with Crippen molar-refractivity contribution in [2.24, 2.45) is 0 Å². The summed E-state index contributed by atoms with van der Waals surface area (Å²) in [7, 11) is 0. The number of benzene rings is 1. The average Bonchev–Trinajstić information content (AvgIpc) is 2.28. The van der Waals surface area contributed by atoms with E-state index in [2.05, 4.69) is 5.32 Å². The lowest BCUT2D eigenvalue weighted by molar-refractivity contribution is 0.0635. The van der Waals surface area contributed by atoms with E-state index in [4.69, 9.17) is 16.3 Å². The van der Waals surface area contributed by atoms with Crippen molar-refractivity contribution in [1.82, 2.24) is 0 Å². The molecule has 0 saturated heterocycles. The third-order valence-electron chi connectivity index (χ3n) is 2.18. The second-order valence-corrected chi connectivity index (χ2v) is 5.38. The molecule has 19 heavy (non-hydrogen) atoms. The fourth-order valence-electron chi connectivity index (χ4n) is 1.44. The fourth-order valence-corrected chi connectivity index (χ4v) is 1.60. The average molecular weight is 288 g/mol. The first-order valence-electron chi connectivity index (χ1n) is 5.80. The summed E-state index contributed by atoms with van der Waals surface area (Å²) in [4.78, 5) is 11.7. The number of halogens is 1. The lowest BCUT2D eigenvalue weighted by Gasteiger charge is -2.21. The first kappa shape index (κ1) is 15.6. The summed E-state index contributed by atoms with van der Waals surface area (Å²) in [5.74, 6) is -0.0687. The molecule has 0 aliphatic rings. The number of aromatic hydroxyl groups is 1. The highest BCUT2D eigenvalue weighted by atomic mass is 35.5. The molecule has 0 radical (unpaired) electrons. The van der Waals surface area contributed by atoms with Crippen LogP contribution in [0.3, 0.4) is 0 Å². The van der Waals surface area contributed by atoms with Gasteiger partial charge >= 0.3 is 6.09 Å². The van der Waals surface area contributed by atoms with Crippen LogP contribution in [0.25, 0.3) is 0 Å². The maximum absolute atomic E-state index is 11.7. The summed E-state index contributed by atoms with van der Waals surface area (Å²) in [6.07, 6.45) is -1.63. The zero-order valence-electron chi connectivity index (χ0n) is 11.1. The number of nitrogens with one attached hydrogen (secondary N) is 1. The van der Waals surface area contributed by atoms with E-state index in [1.165, 1.54) is 18.2 Å². The zero-order valence-corrected chi connectivity index (χ0v) is 11.9. The van der Waals surface area contributed by atoms with Crippen molar-refractivity contribution in [3.05, 3.63) is 23.8 Å². The number of phenols is 1. The van der Waals surface area contributed by atoms with E-state index in [1.54, 1.807) is 20.8 Å². The molecule has 0 aliphatic heterocycles. The number of hydrogen-bond acceptors (Lipinski definition) is 4. The number of ether oxygens (including phenoxy) is 1. The summed E-state index contributed by atoms with van der Waals surface area (Å²) >= 11 is 5.58. The minimum Gasteiger partial charge on any atom is -0.508 e. The van der Waals surface area contributed by atoms with Gasteiger partial charge in [-0.2, -0.15) is 0 Å². The largest absolute Gasteiger partial charge is 0.508 e. The number of carbonyl (C=O) groups excluding carboxylic acids is 1. The van der Waals surface area contributed by atoms with Crippen molar-refractivity contribution < 1.29 is 19.7 Å². The molecule has 106 valence electrons. The molecule has 0 aromatic heterocycles. The lowest BCUT2D eigenvalue weighted by Crippen LogP contribution is -2.27. The van der Waals surface area contributed by atoms with E-state index in [0.29, 0.717) is 11.3 Å². The number of hydrogen-bond donors (Lipinski definition) is 3. The van der Waals surface area contributed by atoms with Crippen LogP contribution in [0.1, 0.15) is 32.4 Å². The van der Waals surface area contributed by atoms with Crippen LogP contribution in [0.2, 0.25) is 0 Å². The second kappa shape index (κ2) is 6.12. The van der Waals surface area contributed by atoms with Gasteiger partial charge < -0.3 is 14.9 Å². The van der Waals surface area contributed by atoms with Crippen LogP contribution in [-0.2, 0) is 4.74 Å². The van der Waals surface area contributed by atoms with Gasteiger partial charge in [-0.3, -0.25) is 5.32 Å². The molecular weight excluding hydrogens is 270 g/mol. The van der Waals surface area contributed by atoms with Gasteiger partial charge in [0.05, 0.1) is 17.7 Å². The molecule has 3 N–H and O–H groups in total. The van der Waals surface area contributed by atoms with Crippen LogP contribution >= 0.6 is 11.6 Å². The summed E-state index contributed by atoms with van der Waals surface area (Å²) in [6, 6.07) is 4.22. The first-order valence-corrected chi connectivity index (χ1v) is 6.33. The normalized spacial score (nSPS) is 12.9. The van der Waals surface area contributed by atoms with Crippen molar-refractivity contribution in [1.29, 1.82) is 0 Å². The van der Waals surface area contributed by atoms with Crippen LogP contribution in [0.4, 0.5) is 10.5 Å². The smallest absolute Gasteiger partial charge is 0.412 e. The molecule has 1 rings (SSSR count). The Morgan fingerprint density at radius 3 is 2.63 bits per heavy atom. The highest BCUT2D eigenvalue weighted by molar-refractivity contribution is 6.18. The summed E-state index contributed by atoms with van der Waals surface area (Å²) < 4.78 is 5.11. The Morgan fingerprint density at radius 1 is 1.47 bits per heavy atom. The predicted molar refractivity (Wildman–Crippen MR) is 73.6 cm³/mol. The van der Waals surface area contributed by atoms with Gasteiger partial charge in [-0.05, 0) is 39.0 Å². The zero-order chi connectivity index (χ0) is 14.6. The fraction of sp³-hybridized carbons (Fsp3) is 0.462. The van der Waals surface area contributed by atoms with Gasteiger partial charge in [0.2, 0.25) is 0 Å². The Bertz CT molecular complexity index is 456. The Kier molecular flexibility index (Phi) is 5.03. The van der Waals surface area contributed by atoms with Gasteiger partial charge in [-0.25, -0.2) is 4.79 Å². The van der Waals surface area contributed by atoms with Crippen LogP contribution < -0.4 is 5.32 Å². The van der Waals surface area contributed by atoms with Crippen molar-refractivity contribution in [3.8, 4) is 5.75 Å². The van der Waals surface area contributed by atoms with Gasteiger partial charge in [-0.15, -0.1) is 11.6 Å². The highest BCUT2D eigenvalue weighted by Gasteiger charge is 2.19. The number of aliphatic hydroxyl groups excluding tert-OH is 1. The molecule has 0 heterocycles. The maximum atomic E-state index is 11.7. The van der Waals surface area contributed by atoms with E-state index in [1.807, 2.05) is 0 Å². The minimum absolute atomic E-state index is 0.0195. The molecule has 5 nitrogen and oxygen atoms in total. The molecule has 0 spiro atoms. The number of rotatable bonds is 3. The van der Waals surface area contributed by atoms with Crippen LogP contribution in [0.5, 0.6) is 5.75 Å². The SMILES string of the molecule is CC(C)(C)OC(=O)Nc1ccc(O)cc1C(O)CCl. The van der Waals surface area contributed by atoms with Crippen molar-refractivity contribution in [2.45, 2.75) is 32.5 Å². The number of aliphatic hydroxyl groups is 1. The van der Waals surface area contributed by atoms with Crippen molar-refractivity contribution >= 4 is 23.4 Å². The third-order valence-corrected chi connectivity index (χ3v) is 2.47. The molecule has 1 aromatic rings. The molecule has 1 amide bonds. The van der Waals surface area contributed by atoms with Crippen LogP contribution in [0.15, 0.2) is 18.2 Å². The molecule has 0 aliphatic carbocycles. The van der Waals surface area contributed by atoms with Gasteiger partial charge in [0.25, 0.3) is 0 Å². The quantitative estimate of drug-likeness (QED) is 0.590. The third kappa shape index (κ3) is 4.96. The summed E-state index contributed by atoms with van der Waals surface area (Å²) in [5.41, 5.74) is 0.0628. The van der Waals surface area contributed by atoms with E-state index in [9.17, 15) is 15.0 Å². The van der Waals surface area contributed by atoms with Gasteiger partial charge in [0.1, 0.15) is 11.4 Å². The van der Waals surface area contributed by atoms with E-state index in [-0.39, 0.29) is 11.6 Å². The molecule has 1 unspecified atom stereocenters. The molecule has 0 saturated carbocycles. The lowest BCUT2D eigenvalue weighted by atomic mass is 10.1. The van der Waals surface area contributed by atoms with Crippen LogP contribution in [0, 0.1) is 0 Å².